The number of hydrogen-bond acceptors (Lipinski definition) is 1. The van der Waals surface area contributed by atoms with Gasteiger partial charge in [-0.05, 0) is 55.1 Å². The monoisotopic (exact) mass is 309 g/mol. The van der Waals surface area contributed by atoms with E-state index in [9.17, 15) is 0 Å². The van der Waals surface area contributed by atoms with E-state index in [1.54, 1.807) is 0 Å². The molecule has 1 nitrogen and oxygen atoms in total. The molecule has 0 unspecified atom stereocenters. The van der Waals surface area contributed by atoms with Gasteiger partial charge in [0.1, 0.15) is 0 Å². The molecule has 2 rings (SSSR count). The minimum atomic E-state index is 0.956. The molecule has 0 aliphatic heterocycles. The van der Waals surface area contributed by atoms with Crippen LogP contribution in [0.5, 0.6) is 0 Å². The van der Waals surface area contributed by atoms with Crippen molar-refractivity contribution in [1.29, 1.82) is 0 Å². The van der Waals surface area contributed by atoms with Gasteiger partial charge in [0.25, 0.3) is 0 Å². The van der Waals surface area contributed by atoms with Crippen LogP contribution < -0.4 is 5.73 Å². The summed E-state index contributed by atoms with van der Waals surface area (Å²) in [6.07, 6.45) is 5.27. The molecule has 0 bridgehead atoms. The fraction of sp³-hybridized carbons (Fsp3) is 0.273. The number of rotatable bonds is 4. The van der Waals surface area contributed by atoms with E-state index < -0.39 is 0 Å². The highest BCUT2D eigenvalue weighted by atomic mass is 14.4. The number of benzene rings is 2. The largest absolute Gasteiger partial charge is 0.333 e. The van der Waals surface area contributed by atoms with Crippen molar-refractivity contribution in [1.82, 2.24) is 0 Å². The Hall–Kier alpha value is -2.12. The van der Waals surface area contributed by atoms with E-state index in [1.165, 1.54) is 29.3 Å². The van der Waals surface area contributed by atoms with E-state index in [-0.39, 0.29) is 0 Å². The Bertz CT molecular complexity index is 609. The van der Waals surface area contributed by atoms with Crippen molar-refractivity contribution in [3.63, 3.8) is 0 Å². The Morgan fingerprint density at radius 2 is 1.43 bits per heavy atom. The van der Waals surface area contributed by atoms with Crippen molar-refractivity contribution >= 4 is 5.57 Å². The summed E-state index contributed by atoms with van der Waals surface area (Å²) in [7, 11) is 1.50. The third-order valence-corrected chi connectivity index (χ3v) is 3.41. The third kappa shape index (κ3) is 7.12. The van der Waals surface area contributed by atoms with Gasteiger partial charge in [-0.1, -0.05) is 81.1 Å². The molecule has 124 valence electrons. The zero-order chi connectivity index (χ0) is 17.7. The van der Waals surface area contributed by atoms with Crippen LogP contribution in [0.3, 0.4) is 0 Å². The van der Waals surface area contributed by atoms with Crippen molar-refractivity contribution in [3.05, 3.63) is 89.5 Å². The maximum atomic E-state index is 4.50. The van der Waals surface area contributed by atoms with Crippen LogP contribution in [0.15, 0.2) is 67.3 Å². The predicted octanol–water partition coefficient (Wildman–Crippen LogP) is 5.72. The van der Waals surface area contributed by atoms with Gasteiger partial charge in [-0.3, -0.25) is 0 Å². The Kier molecular flexibility index (Phi) is 11.3. The van der Waals surface area contributed by atoms with Gasteiger partial charge in [-0.2, -0.15) is 0 Å². The minimum Gasteiger partial charge on any atom is -0.333 e. The van der Waals surface area contributed by atoms with Crippen LogP contribution in [0, 0.1) is 13.8 Å². The normalized spacial score (nSPS) is 9.48. The Balaban J connectivity index is 0.00000112. The molecule has 1 heteroatoms. The van der Waals surface area contributed by atoms with Crippen LogP contribution in [0.4, 0.5) is 0 Å². The zero-order valence-corrected chi connectivity index (χ0v) is 15.3. The fourth-order valence-corrected chi connectivity index (χ4v) is 2.19. The lowest BCUT2D eigenvalue weighted by Crippen LogP contribution is -1.87. The summed E-state index contributed by atoms with van der Waals surface area (Å²) in [5.41, 5.74) is 10.8. The molecule has 0 spiro atoms. The first-order valence-electron chi connectivity index (χ1n) is 8.22. The van der Waals surface area contributed by atoms with E-state index >= 15 is 0 Å². The van der Waals surface area contributed by atoms with Gasteiger partial charge < -0.3 is 5.73 Å². The summed E-state index contributed by atoms with van der Waals surface area (Å²) in [6.45, 7) is 12.4. The molecule has 0 atom stereocenters. The Labute approximate surface area is 142 Å². The van der Waals surface area contributed by atoms with Gasteiger partial charge in [0.2, 0.25) is 0 Å². The average molecular weight is 309 g/mol. The summed E-state index contributed by atoms with van der Waals surface area (Å²) >= 11 is 0. The van der Waals surface area contributed by atoms with Crippen molar-refractivity contribution in [2.45, 2.75) is 34.1 Å². The minimum absolute atomic E-state index is 0.956. The maximum absolute atomic E-state index is 4.50. The standard InChI is InChI=1S/C19H20.C2H6.CH5N/c1-15-9-4-6-12-18(15)13-8-11-17(3)19-14-7-5-10-16(19)2;2*1-2/h4-12,14H,3,13H2,1-2H3;1-2H3;2H2,1H3/b11-8-;;. The highest BCUT2D eigenvalue weighted by Gasteiger charge is 1.98. The van der Waals surface area contributed by atoms with Gasteiger partial charge >= 0.3 is 0 Å². The summed E-state index contributed by atoms with van der Waals surface area (Å²) in [5, 5.41) is 0. The molecule has 0 radical (unpaired) electrons. The maximum Gasteiger partial charge on any atom is -0.00915 e. The molecule has 0 heterocycles. The first-order valence-corrected chi connectivity index (χ1v) is 8.22. The SMILES string of the molecule is C=C(/C=C\Cc1ccccc1C)c1ccccc1C.CC.CN. The molecule has 0 aliphatic rings. The van der Waals surface area contributed by atoms with Crippen molar-refractivity contribution in [2.75, 3.05) is 7.05 Å². The lowest BCUT2D eigenvalue weighted by molar-refractivity contribution is 1.21. The van der Waals surface area contributed by atoms with Gasteiger partial charge in [0.15, 0.2) is 0 Å². The number of hydrogen-bond donors (Lipinski definition) is 1. The van der Waals surface area contributed by atoms with Gasteiger partial charge in [-0.25, -0.2) is 0 Å². The Morgan fingerprint density at radius 3 is 2.00 bits per heavy atom. The molecule has 2 aromatic rings. The molecule has 2 N–H and O–H groups in total. The topological polar surface area (TPSA) is 26.0 Å². The quantitative estimate of drug-likeness (QED) is 0.718. The Morgan fingerprint density at radius 1 is 0.913 bits per heavy atom. The molecule has 23 heavy (non-hydrogen) atoms. The second kappa shape index (κ2) is 12.4. The van der Waals surface area contributed by atoms with Crippen molar-refractivity contribution in [2.24, 2.45) is 5.73 Å². The zero-order valence-electron chi connectivity index (χ0n) is 15.3. The second-order valence-electron chi connectivity index (χ2n) is 4.87. The van der Waals surface area contributed by atoms with Gasteiger partial charge in [0, 0.05) is 0 Å². The third-order valence-electron chi connectivity index (χ3n) is 3.41. The van der Waals surface area contributed by atoms with Crippen molar-refractivity contribution in [3.8, 4) is 0 Å². The first-order chi connectivity index (χ1) is 11.2. The molecule has 0 saturated heterocycles. The van der Waals surface area contributed by atoms with E-state index in [4.69, 9.17) is 0 Å². The first kappa shape index (κ1) is 20.9. The van der Waals surface area contributed by atoms with Crippen LogP contribution in [-0.4, -0.2) is 7.05 Å². The van der Waals surface area contributed by atoms with E-state index in [2.05, 4.69) is 86.8 Å². The molecular weight excluding hydrogens is 278 g/mol. The van der Waals surface area contributed by atoms with Crippen LogP contribution >= 0.6 is 0 Å². The molecule has 2 aromatic carbocycles. The highest BCUT2D eigenvalue weighted by Crippen LogP contribution is 2.18. The molecule has 0 saturated carbocycles. The van der Waals surface area contributed by atoms with E-state index in [0.717, 1.165) is 12.0 Å². The van der Waals surface area contributed by atoms with Crippen LogP contribution in [0.2, 0.25) is 0 Å². The molecule has 0 aliphatic carbocycles. The van der Waals surface area contributed by atoms with E-state index in [0.29, 0.717) is 0 Å². The second-order valence-corrected chi connectivity index (χ2v) is 4.87. The van der Waals surface area contributed by atoms with Crippen LogP contribution in [0.1, 0.15) is 36.1 Å². The van der Waals surface area contributed by atoms with Crippen LogP contribution in [0.25, 0.3) is 5.57 Å². The van der Waals surface area contributed by atoms with E-state index in [1.807, 2.05) is 13.8 Å². The van der Waals surface area contributed by atoms with Crippen molar-refractivity contribution < 1.29 is 0 Å². The summed E-state index contributed by atoms with van der Waals surface area (Å²) < 4.78 is 0. The number of aryl methyl sites for hydroxylation is 2. The lowest BCUT2D eigenvalue weighted by Gasteiger charge is -2.05. The van der Waals surface area contributed by atoms with Crippen LogP contribution in [-0.2, 0) is 6.42 Å². The summed E-state index contributed by atoms with van der Waals surface area (Å²) in [5.74, 6) is 0. The molecular formula is C22H31N. The summed E-state index contributed by atoms with van der Waals surface area (Å²) in [4.78, 5) is 0. The summed E-state index contributed by atoms with van der Waals surface area (Å²) in [6, 6.07) is 16.9. The smallest absolute Gasteiger partial charge is 0.00915 e. The predicted molar refractivity (Wildman–Crippen MR) is 106 cm³/mol. The number of allylic oxidation sites excluding steroid dienone is 3. The van der Waals surface area contributed by atoms with Gasteiger partial charge in [-0.15, -0.1) is 0 Å². The average Bonchev–Trinajstić information content (AvgIpc) is 2.60. The molecule has 0 aromatic heterocycles. The lowest BCUT2D eigenvalue weighted by atomic mass is 10.0. The van der Waals surface area contributed by atoms with Gasteiger partial charge in [0.05, 0.1) is 0 Å². The molecule has 0 fully saturated rings. The molecule has 0 amide bonds. The highest BCUT2D eigenvalue weighted by molar-refractivity contribution is 5.73. The number of nitrogens with two attached hydrogens (primary N) is 1. The fourth-order valence-electron chi connectivity index (χ4n) is 2.19.